The van der Waals surface area contributed by atoms with Crippen LogP contribution in [0.3, 0.4) is 0 Å². The molecule has 0 spiro atoms. The summed E-state index contributed by atoms with van der Waals surface area (Å²) in [5.74, 6) is -0.209. The van der Waals surface area contributed by atoms with Crippen molar-refractivity contribution in [1.82, 2.24) is 0 Å². The predicted molar refractivity (Wildman–Crippen MR) is 92.6 cm³/mol. The van der Waals surface area contributed by atoms with E-state index >= 15 is 0 Å². The van der Waals surface area contributed by atoms with E-state index in [2.05, 4.69) is 15.3 Å². The van der Waals surface area contributed by atoms with Gasteiger partial charge < -0.3 is 5.11 Å². The zero-order valence-corrected chi connectivity index (χ0v) is 13.3. The highest BCUT2D eigenvalue weighted by atomic mass is 16.3. The summed E-state index contributed by atoms with van der Waals surface area (Å²) in [5, 5.41) is 22.9. The maximum Gasteiger partial charge on any atom is 0.280 e. The number of amides is 1. The molecule has 0 aromatic heterocycles. The topological polar surface area (TPSA) is 77.6 Å². The van der Waals surface area contributed by atoms with E-state index in [9.17, 15) is 4.79 Å². The molecule has 1 aliphatic heterocycles. The fraction of sp³-hybridized carbons (Fsp3) is 0.222. The summed E-state index contributed by atoms with van der Waals surface area (Å²) in [6.07, 6.45) is 0.607. The second-order valence-corrected chi connectivity index (χ2v) is 5.49. The Balaban J connectivity index is 1.73. The normalized spacial score (nSPS) is 17.6. The molecule has 2 aromatic carbocycles. The Kier molecular flexibility index (Phi) is 4.77. The first-order valence-corrected chi connectivity index (χ1v) is 7.74. The van der Waals surface area contributed by atoms with Crippen LogP contribution in [0.4, 0.5) is 11.4 Å². The number of hydrogen-bond acceptors (Lipinski definition) is 5. The molecule has 3 rings (SSSR count). The molecule has 6 nitrogen and oxygen atoms in total. The van der Waals surface area contributed by atoms with Crippen LogP contribution in [0.1, 0.15) is 12.5 Å². The Hall–Kier alpha value is -2.86. The number of aliphatic hydroxyl groups is 1. The molecule has 1 heterocycles. The SMILES string of the molecule is CC1=NN(c2ccccc2)C(=O)C1N=Nc1ccc(CCO)cc1. The molecule has 0 aliphatic carbocycles. The van der Waals surface area contributed by atoms with E-state index in [1.807, 2.05) is 54.6 Å². The molecule has 0 saturated carbocycles. The third-order valence-electron chi connectivity index (χ3n) is 3.72. The number of hydrazone groups is 1. The van der Waals surface area contributed by atoms with Gasteiger partial charge in [0.25, 0.3) is 5.91 Å². The highest BCUT2D eigenvalue weighted by molar-refractivity contribution is 6.18. The quantitative estimate of drug-likeness (QED) is 0.859. The largest absolute Gasteiger partial charge is 0.396 e. The van der Waals surface area contributed by atoms with Gasteiger partial charge in [-0.3, -0.25) is 4.79 Å². The lowest BCUT2D eigenvalue weighted by molar-refractivity contribution is -0.117. The number of benzene rings is 2. The summed E-state index contributed by atoms with van der Waals surface area (Å²) < 4.78 is 0. The molecular formula is C18H18N4O2. The lowest BCUT2D eigenvalue weighted by atomic mass is 10.1. The van der Waals surface area contributed by atoms with Gasteiger partial charge in [0.15, 0.2) is 6.04 Å². The standard InChI is InChI=1S/C18H18N4O2/c1-13-17(18(24)22(21-13)16-5-3-2-4-6-16)20-19-15-9-7-14(8-10-15)11-12-23/h2-10,17,23H,11-12H2,1H3. The van der Waals surface area contributed by atoms with Crippen LogP contribution < -0.4 is 5.01 Å². The molecule has 0 saturated heterocycles. The first-order chi connectivity index (χ1) is 11.7. The molecule has 122 valence electrons. The van der Waals surface area contributed by atoms with Crippen LogP contribution in [-0.2, 0) is 11.2 Å². The molecule has 0 bridgehead atoms. The summed E-state index contributed by atoms with van der Waals surface area (Å²) in [6.45, 7) is 1.89. The summed E-state index contributed by atoms with van der Waals surface area (Å²) in [6, 6.07) is 16.0. The van der Waals surface area contributed by atoms with Crippen molar-refractivity contribution < 1.29 is 9.90 Å². The number of hydrogen-bond donors (Lipinski definition) is 1. The Labute approximate surface area is 140 Å². The van der Waals surface area contributed by atoms with E-state index in [1.54, 1.807) is 6.92 Å². The van der Waals surface area contributed by atoms with E-state index in [1.165, 1.54) is 5.01 Å². The number of azo groups is 1. The number of rotatable bonds is 5. The average Bonchev–Trinajstić information content (AvgIpc) is 2.90. The van der Waals surface area contributed by atoms with Crippen molar-refractivity contribution in [2.45, 2.75) is 19.4 Å². The molecule has 0 fully saturated rings. The summed E-state index contributed by atoms with van der Waals surface area (Å²) in [4.78, 5) is 12.5. The molecule has 1 aliphatic rings. The number of carbonyl (C=O) groups is 1. The van der Waals surface area contributed by atoms with E-state index in [0.29, 0.717) is 23.5 Å². The van der Waals surface area contributed by atoms with Crippen molar-refractivity contribution in [3.63, 3.8) is 0 Å². The monoisotopic (exact) mass is 322 g/mol. The second-order valence-electron chi connectivity index (χ2n) is 5.49. The molecule has 2 aromatic rings. The number of anilines is 1. The minimum atomic E-state index is -0.692. The Morgan fingerprint density at radius 1 is 1.12 bits per heavy atom. The number of carbonyl (C=O) groups excluding carboxylic acids is 1. The zero-order valence-electron chi connectivity index (χ0n) is 13.3. The van der Waals surface area contributed by atoms with Gasteiger partial charge in [-0.25, -0.2) is 0 Å². The van der Waals surface area contributed by atoms with E-state index in [-0.39, 0.29) is 12.5 Å². The minimum Gasteiger partial charge on any atom is -0.396 e. The van der Waals surface area contributed by atoms with Crippen molar-refractivity contribution in [3.8, 4) is 0 Å². The van der Waals surface area contributed by atoms with Crippen molar-refractivity contribution in [2.24, 2.45) is 15.3 Å². The van der Waals surface area contributed by atoms with Crippen molar-refractivity contribution in [2.75, 3.05) is 11.6 Å². The highest BCUT2D eigenvalue weighted by Crippen LogP contribution is 2.23. The molecule has 1 unspecified atom stereocenters. The van der Waals surface area contributed by atoms with E-state index in [0.717, 1.165) is 5.56 Å². The number of nitrogens with zero attached hydrogens (tertiary/aromatic N) is 4. The van der Waals surface area contributed by atoms with E-state index in [4.69, 9.17) is 5.11 Å². The van der Waals surface area contributed by atoms with Gasteiger partial charge in [-0.15, -0.1) is 0 Å². The first kappa shape index (κ1) is 16.0. The Morgan fingerprint density at radius 3 is 2.50 bits per heavy atom. The van der Waals surface area contributed by atoms with Gasteiger partial charge >= 0.3 is 0 Å². The molecule has 24 heavy (non-hydrogen) atoms. The molecule has 0 radical (unpaired) electrons. The molecule has 1 atom stereocenters. The minimum absolute atomic E-state index is 0.114. The third-order valence-corrected chi connectivity index (χ3v) is 3.72. The van der Waals surface area contributed by atoms with Crippen molar-refractivity contribution in [1.29, 1.82) is 0 Å². The van der Waals surface area contributed by atoms with Gasteiger partial charge in [0.1, 0.15) is 0 Å². The van der Waals surface area contributed by atoms with E-state index < -0.39 is 6.04 Å². The van der Waals surface area contributed by atoms with Crippen molar-refractivity contribution >= 4 is 23.0 Å². The lowest BCUT2D eigenvalue weighted by Gasteiger charge is -2.11. The summed E-state index contributed by atoms with van der Waals surface area (Å²) in [5.41, 5.74) is 3.02. The Morgan fingerprint density at radius 2 is 1.83 bits per heavy atom. The highest BCUT2D eigenvalue weighted by Gasteiger charge is 2.34. The molecule has 1 N–H and O–H groups in total. The maximum atomic E-state index is 12.5. The predicted octanol–water partition coefficient (Wildman–Crippen LogP) is 3.10. The zero-order chi connectivity index (χ0) is 16.9. The fourth-order valence-corrected chi connectivity index (χ4v) is 2.43. The van der Waals surface area contributed by atoms with Crippen LogP contribution in [0.5, 0.6) is 0 Å². The van der Waals surface area contributed by atoms with Gasteiger partial charge in [-0.1, -0.05) is 30.3 Å². The second kappa shape index (κ2) is 7.14. The van der Waals surface area contributed by atoms with Crippen LogP contribution >= 0.6 is 0 Å². The summed E-state index contributed by atoms with van der Waals surface area (Å²) in [7, 11) is 0. The Bertz CT molecular complexity index is 769. The smallest absolute Gasteiger partial charge is 0.280 e. The van der Waals surface area contributed by atoms with Crippen LogP contribution in [0.2, 0.25) is 0 Å². The van der Waals surface area contributed by atoms with Gasteiger partial charge in [0.05, 0.1) is 17.1 Å². The number of aliphatic hydroxyl groups excluding tert-OH is 1. The van der Waals surface area contributed by atoms with Gasteiger partial charge in [-0.2, -0.15) is 20.3 Å². The van der Waals surface area contributed by atoms with Crippen LogP contribution in [0, 0.1) is 0 Å². The molecule has 6 heteroatoms. The third kappa shape index (κ3) is 3.38. The van der Waals surface area contributed by atoms with Crippen LogP contribution in [0.25, 0.3) is 0 Å². The first-order valence-electron chi connectivity index (χ1n) is 7.74. The maximum absolute atomic E-state index is 12.5. The van der Waals surface area contributed by atoms with Crippen LogP contribution in [0.15, 0.2) is 69.9 Å². The van der Waals surface area contributed by atoms with Gasteiger partial charge in [0.2, 0.25) is 0 Å². The lowest BCUT2D eigenvalue weighted by Crippen LogP contribution is -2.29. The fourth-order valence-electron chi connectivity index (χ4n) is 2.43. The van der Waals surface area contributed by atoms with Gasteiger partial charge in [-0.05, 0) is 43.2 Å². The van der Waals surface area contributed by atoms with Gasteiger partial charge in [0, 0.05) is 6.61 Å². The van der Waals surface area contributed by atoms with Crippen LogP contribution in [-0.4, -0.2) is 29.4 Å². The number of para-hydroxylation sites is 1. The molecule has 1 amide bonds. The summed E-state index contributed by atoms with van der Waals surface area (Å²) >= 11 is 0. The molecular weight excluding hydrogens is 304 g/mol. The average molecular weight is 322 g/mol. The van der Waals surface area contributed by atoms with Crippen molar-refractivity contribution in [3.05, 3.63) is 60.2 Å².